The number of H-pyrrole nitrogens is 1. The van der Waals surface area contributed by atoms with Gasteiger partial charge in [0, 0.05) is 11.3 Å². The van der Waals surface area contributed by atoms with E-state index in [0.29, 0.717) is 22.4 Å². The molecule has 1 N–H and O–H groups in total. The van der Waals surface area contributed by atoms with E-state index in [1.54, 1.807) is 26.8 Å². The van der Waals surface area contributed by atoms with Crippen molar-refractivity contribution in [1.29, 1.82) is 0 Å². The number of carbonyl (C=O) groups excluding carboxylic acids is 3. The molecule has 0 atom stereocenters. The summed E-state index contributed by atoms with van der Waals surface area (Å²) in [5, 5.41) is 0. The fraction of sp³-hybridized carbons (Fsp3) is 0.312. The molecule has 0 aliphatic heterocycles. The zero-order valence-electron chi connectivity index (χ0n) is 13.3. The van der Waals surface area contributed by atoms with Gasteiger partial charge in [0.2, 0.25) is 11.5 Å². The molecule has 0 unspecified atom stereocenters. The van der Waals surface area contributed by atoms with Gasteiger partial charge in [-0.1, -0.05) is 0 Å². The molecule has 0 saturated carbocycles. The van der Waals surface area contributed by atoms with Crippen molar-refractivity contribution in [3.05, 3.63) is 46.2 Å². The van der Waals surface area contributed by atoms with Crippen molar-refractivity contribution in [2.24, 2.45) is 0 Å². The number of esters is 2. The van der Waals surface area contributed by atoms with Gasteiger partial charge in [0.15, 0.2) is 6.61 Å². The van der Waals surface area contributed by atoms with Crippen molar-refractivity contribution < 1.29 is 28.3 Å². The lowest BCUT2D eigenvalue weighted by molar-refractivity contribution is 0.0441. The fourth-order valence-electron chi connectivity index (χ4n) is 2.29. The van der Waals surface area contributed by atoms with Crippen molar-refractivity contribution in [3.8, 4) is 0 Å². The highest BCUT2D eigenvalue weighted by Crippen LogP contribution is 2.19. The quantitative estimate of drug-likeness (QED) is 0.671. The van der Waals surface area contributed by atoms with E-state index >= 15 is 0 Å². The van der Waals surface area contributed by atoms with E-state index in [1.165, 1.54) is 13.4 Å². The number of Topliss-reactive ketones (excluding diaryl/α,β-unsaturated/α-hetero) is 1. The fourth-order valence-corrected chi connectivity index (χ4v) is 2.29. The monoisotopic (exact) mass is 319 g/mol. The van der Waals surface area contributed by atoms with Gasteiger partial charge in [0.05, 0.1) is 24.6 Å². The predicted molar refractivity (Wildman–Crippen MR) is 79.7 cm³/mol. The highest BCUT2D eigenvalue weighted by atomic mass is 16.5. The number of aryl methyl sites for hydroxylation is 2. The average Bonchev–Trinajstić information content (AvgIpc) is 3.07. The van der Waals surface area contributed by atoms with Crippen molar-refractivity contribution in [3.63, 3.8) is 0 Å². The van der Waals surface area contributed by atoms with E-state index in [-0.39, 0.29) is 11.5 Å². The normalized spacial score (nSPS) is 10.4. The zero-order chi connectivity index (χ0) is 17.1. The summed E-state index contributed by atoms with van der Waals surface area (Å²) in [7, 11) is 1.27. The predicted octanol–water partition coefficient (Wildman–Crippen LogP) is 2.36. The van der Waals surface area contributed by atoms with Crippen LogP contribution in [0.2, 0.25) is 0 Å². The number of methoxy groups -OCH3 is 1. The SMILES string of the molecule is COC(=O)c1c(C)[nH]c(C(=O)COC(=O)c2occc2C)c1C. The number of furan rings is 1. The van der Waals surface area contributed by atoms with E-state index in [4.69, 9.17) is 9.15 Å². The summed E-state index contributed by atoms with van der Waals surface area (Å²) in [6.45, 7) is 4.53. The second kappa shape index (κ2) is 6.51. The molecule has 7 heteroatoms. The average molecular weight is 319 g/mol. The maximum atomic E-state index is 12.2. The third-order valence-corrected chi connectivity index (χ3v) is 3.49. The number of ketones is 1. The minimum Gasteiger partial charge on any atom is -0.465 e. The highest BCUT2D eigenvalue weighted by molar-refractivity contribution is 6.03. The Bertz CT molecular complexity index is 768. The molecule has 122 valence electrons. The number of aromatic amines is 1. The van der Waals surface area contributed by atoms with Crippen LogP contribution in [0.25, 0.3) is 0 Å². The smallest absolute Gasteiger partial charge is 0.374 e. The Labute approximate surface area is 132 Å². The molecule has 0 spiro atoms. The van der Waals surface area contributed by atoms with Crippen LogP contribution in [-0.4, -0.2) is 36.4 Å². The summed E-state index contributed by atoms with van der Waals surface area (Å²) in [6, 6.07) is 1.62. The molecular formula is C16H17NO6. The maximum absolute atomic E-state index is 12.2. The van der Waals surface area contributed by atoms with Crippen LogP contribution in [-0.2, 0) is 9.47 Å². The van der Waals surface area contributed by atoms with E-state index in [9.17, 15) is 14.4 Å². The summed E-state index contributed by atoms with van der Waals surface area (Å²) in [6.07, 6.45) is 1.37. The Balaban J connectivity index is 2.11. The van der Waals surface area contributed by atoms with E-state index in [1.807, 2.05) is 0 Å². The lowest BCUT2D eigenvalue weighted by Gasteiger charge is -2.03. The number of carbonyl (C=O) groups is 3. The number of nitrogens with one attached hydrogen (secondary N) is 1. The minimum atomic E-state index is -0.713. The zero-order valence-corrected chi connectivity index (χ0v) is 13.3. The van der Waals surface area contributed by atoms with E-state index < -0.39 is 24.3 Å². The van der Waals surface area contributed by atoms with Gasteiger partial charge >= 0.3 is 11.9 Å². The largest absolute Gasteiger partial charge is 0.465 e. The molecule has 2 heterocycles. The van der Waals surface area contributed by atoms with Gasteiger partial charge in [-0.2, -0.15) is 0 Å². The Morgan fingerprint density at radius 3 is 2.43 bits per heavy atom. The van der Waals surface area contributed by atoms with Gasteiger partial charge < -0.3 is 18.9 Å². The van der Waals surface area contributed by atoms with Crippen LogP contribution in [0.4, 0.5) is 0 Å². The number of ether oxygens (including phenoxy) is 2. The van der Waals surface area contributed by atoms with Gasteiger partial charge in [-0.25, -0.2) is 9.59 Å². The first-order valence-corrected chi connectivity index (χ1v) is 6.88. The van der Waals surface area contributed by atoms with E-state index in [2.05, 4.69) is 9.72 Å². The Kier molecular flexibility index (Phi) is 4.68. The molecule has 0 saturated heterocycles. The van der Waals surface area contributed by atoms with Crippen LogP contribution in [0.3, 0.4) is 0 Å². The molecule has 0 aliphatic carbocycles. The molecule has 0 aliphatic rings. The molecule has 2 aromatic heterocycles. The number of rotatable bonds is 5. The summed E-state index contributed by atoms with van der Waals surface area (Å²) in [5.41, 5.74) is 2.13. The van der Waals surface area contributed by atoms with Crippen LogP contribution in [0.15, 0.2) is 16.7 Å². The molecule has 23 heavy (non-hydrogen) atoms. The molecule has 0 radical (unpaired) electrons. The van der Waals surface area contributed by atoms with Gasteiger partial charge in [-0.05, 0) is 32.4 Å². The van der Waals surface area contributed by atoms with Gasteiger partial charge in [0.1, 0.15) is 0 Å². The second-order valence-electron chi connectivity index (χ2n) is 5.05. The topological polar surface area (TPSA) is 98.6 Å². The van der Waals surface area contributed by atoms with Crippen molar-refractivity contribution in [1.82, 2.24) is 4.98 Å². The van der Waals surface area contributed by atoms with Gasteiger partial charge in [-0.3, -0.25) is 4.79 Å². The standard InChI is InChI=1S/C16H17NO6/c1-8-5-6-22-14(8)16(20)23-7-11(18)13-9(2)12(10(3)17-13)15(19)21-4/h5-6,17H,7H2,1-4H3. The van der Waals surface area contributed by atoms with Crippen molar-refractivity contribution >= 4 is 17.7 Å². The van der Waals surface area contributed by atoms with Crippen molar-refractivity contribution in [2.75, 3.05) is 13.7 Å². The Morgan fingerprint density at radius 2 is 1.87 bits per heavy atom. The molecular weight excluding hydrogens is 302 g/mol. The van der Waals surface area contributed by atoms with Crippen LogP contribution in [0.1, 0.15) is 48.2 Å². The molecule has 0 amide bonds. The number of hydrogen-bond acceptors (Lipinski definition) is 6. The van der Waals surface area contributed by atoms with Crippen molar-refractivity contribution in [2.45, 2.75) is 20.8 Å². The van der Waals surface area contributed by atoms with Crippen LogP contribution >= 0.6 is 0 Å². The highest BCUT2D eigenvalue weighted by Gasteiger charge is 2.24. The van der Waals surface area contributed by atoms with Crippen LogP contribution < -0.4 is 0 Å². The second-order valence-corrected chi connectivity index (χ2v) is 5.05. The maximum Gasteiger partial charge on any atom is 0.374 e. The lowest BCUT2D eigenvalue weighted by atomic mass is 10.1. The first-order chi connectivity index (χ1) is 10.9. The first-order valence-electron chi connectivity index (χ1n) is 6.88. The van der Waals surface area contributed by atoms with E-state index in [0.717, 1.165) is 0 Å². The van der Waals surface area contributed by atoms with Crippen LogP contribution in [0, 0.1) is 20.8 Å². The number of aromatic nitrogens is 1. The summed E-state index contributed by atoms with van der Waals surface area (Å²) in [4.78, 5) is 38.6. The first kappa shape index (κ1) is 16.5. The third-order valence-electron chi connectivity index (χ3n) is 3.49. The molecule has 2 rings (SSSR count). The van der Waals surface area contributed by atoms with Gasteiger partial charge in [0.25, 0.3) is 0 Å². The summed E-state index contributed by atoms with van der Waals surface area (Å²) >= 11 is 0. The Hall–Kier alpha value is -2.83. The molecule has 0 fully saturated rings. The van der Waals surface area contributed by atoms with Crippen LogP contribution in [0.5, 0.6) is 0 Å². The molecule has 0 aromatic carbocycles. The molecule has 2 aromatic rings. The Morgan fingerprint density at radius 1 is 1.17 bits per heavy atom. The summed E-state index contributed by atoms with van der Waals surface area (Å²) < 4.78 is 14.6. The number of hydrogen-bond donors (Lipinski definition) is 1. The molecule has 0 bridgehead atoms. The minimum absolute atomic E-state index is 0.0624. The third kappa shape index (κ3) is 3.18. The summed E-state index contributed by atoms with van der Waals surface area (Å²) in [5.74, 6) is -1.63. The molecule has 7 nitrogen and oxygen atoms in total. The van der Waals surface area contributed by atoms with Gasteiger partial charge in [-0.15, -0.1) is 0 Å². The lowest BCUT2D eigenvalue weighted by Crippen LogP contribution is -2.15.